The van der Waals surface area contributed by atoms with E-state index < -0.39 is 0 Å². The first kappa shape index (κ1) is 14.9. The molecule has 4 heterocycles. The van der Waals surface area contributed by atoms with Crippen molar-refractivity contribution in [3.63, 3.8) is 0 Å². The number of nitrogens with zero attached hydrogens (tertiary/aromatic N) is 4. The summed E-state index contributed by atoms with van der Waals surface area (Å²) in [6.45, 7) is 12.2. The summed E-state index contributed by atoms with van der Waals surface area (Å²) in [6, 6.07) is 0.632. The molecular formula is C15H27N5O. The molecule has 3 saturated heterocycles. The smallest absolute Gasteiger partial charge is 0.231 e. The van der Waals surface area contributed by atoms with Crippen LogP contribution < -0.4 is 5.32 Å². The Bertz CT molecular complexity index is 466. The third-order valence-corrected chi connectivity index (χ3v) is 5.03. The Balaban J connectivity index is 1.79. The summed E-state index contributed by atoms with van der Waals surface area (Å²) in [5.74, 6) is 2.36. The Hall–Kier alpha value is -0.980. The summed E-state index contributed by atoms with van der Waals surface area (Å²) in [7, 11) is 1.98. The van der Waals surface area contributed by atoms with Crippen molar-refractivity contribution in [3.8, 4) is 0 Å². The van der Waals surface area contributed by atoms with E-state index in [1.54, 1.807) is 0 Å². The molecule has 0 aromatic carbocycles. The molecular weight excluding hydrogens is 266 g/mol. The normalized spacial score (nSPS) is 31.6. The molecule has 0 aliphatic carbocycles. The molecule has 1 aromatic rings. The van der Waals surface area contributed by atoms with Crippen LogP contribution in [0.2, 0.25) is 0 Å². The third-order valence-electron chi connectivity index (χ3n) is 5.03. The standard InChI is InChI=1S/C15H27N5O/c1-10(2)13(11(3)16-4)15-17-14(18-21-15)12-9-19-5-7-20(12)8-6-19/h10-13,16H,5-9H2,1-4H3. The van der Waals surface area contributed by atoms with Gasteiger partial charge in [-0.25, -0.2) is 0 Å². The van der Waals surface area contributed by atoms with Crippen molar-refractivity contribution >= 4 is 0 Å². The lowest BCUT2D eigenvalue weighted by molar-refractivity contribution is 0.00781. The highest BCUT2D eigenvalue weighted by Crippen LogP contribution is 2.31. The molecule has 3 atom stereocenters. The second kappa shape index (κ2) is 6.02. The van der Waals surface area contributed by atoms with Crippen molar-refractivity contribution in [3.05, 3.63) is 11.7 Å². The number of hydrogen-bond acceptors (Lipinski definition) is 6. The van der Waals surface area contributed by atoms with E-state index in [2.05, 4.69) is 41.0 Å². The topological polar surface area (TPSA) is 57.4 Å². The first-order valence-electron chi connectivity index (χ1n) is 8.07. The molecule has 0 amide bonds. The zero-order chi connectivity index (χ0) is 15.0. The van der Waals surface area contributed by atoms with Crippen LogP contribution in [0.25, 0.3) is 0 Å². The van der Waals surface area contributed by atoms with Gasteiger partial charge in [0.2, 0.25) is 5.89 Å². The maximum absolute atomic E-state index is 5.63. The molecule has 0 radical (unpaired) electrons. The van der Waals surface area contributed by atoms with Crippen LogP contribution in [0.1, 0.15) is 44.4 Å². The molecule has 21 heavy (non-hydrogen) atoms. The molecule has 118 valence electrons. The van der Waals surface area contributed by atoms with Crippen LogP contribution in [0, 0.1) is 5.92 Å². The molecule has 0 saturated carbocycles. The van der Waals surface area contributed by atoms with Crippen molar-refractivity contribution < 1.29 is 4.52 Å². The van der Waals surface area contributed by atoms with Crippen LogP contribution in [0.15, 0.2) is 4.52 Å². The van der Waals surface area contributed by atoms with Crippen molar-refractivity contribution in [2.45, 2.75) is 38.8 Å². The lowest BCUT2D eigenvalue weighted by Gasteiger charge is -2.46. The van der Waals surface area contributed by atoms with Gasteiger partial charge in [0.1, 0.15) is 0 Å². The zero-order valence-electron chi connectivity index (χ0n) is 13.5. The minimum atomic E-state index is 0.257. The van der Waals surface area contributed by atoms with E-state index in [-0.39, 0.29) is 5.92 Å². The predicted molar refractivity (Wildman–Crippen MR) is 81.2 cm³/mol. The Morgan fingerprint density at radius 3 is 2.43 bits per heavy atom. The zero-order valence-corrected chi connectivity index (χ0v) is 13.5. The number of rotatable bonds is 5. The van der Waals surface area contributed by atoms with Crippen LogP contribution in [0.5, 0.6) is 0 Å². The molecule has 2 bridgehead atoms. The number of nitrogens with one attached hydrogen (secondary N) is 1. The van der Waals surface area contributed by atoms with E-state index in [0.29, 0.717) is 18.0 Å². The van der Waals surface area contributed by atoms with Gasteiger partial charge in [-0.3, -0.25) is 9.80 Å². The monoisotopic (exact) mass is 293 g/mol. The van der Waals surface area contributed by atoms with Gasteiger partial charge in [0.25, 0.3) is 0 Å². The highest BCUT2D eigenvalue weighted by Gasteiger charge is 2.36. The summed E-state index contributed by atoms with van der Waals surface area (Å²) >= 11 is 0. The van der Waals surface area contributed by atoms with E-state index in [4.69, 9.17) is 9.51 Å². The van der Waals surface area contributed by atoms with Crippen LogP contribution in [0.4, 0.5) is 0 Å². The Kier molecular flexibility index (Phi) is 4.28. The van der Waals surface area contributed by atoms with E-state index in [1.807, 2.05) is 7.05 Å². The minimum Gasteiger partial charge on any atom is -0.339 e. The second-order valence-electron chi connectivity index (χ2n) is 6.69. The highest BCUT2D eigenvalue weighted by atomic mass is 16.5. The Morgan fingerprint density at radius 2 is 1.90 bits per heavy atom. The van der Waals surface area contributed by atoms with E-state index in [0.717, 1.165) is 31.3 Å². The molecule has 3 aliphatic heterocycles. The van der Waals surface area contributed by atoms with Gasteiger partial charge in [-0.1, -0.05) is 19.0 Å². The molecule has 3 unspecified atom stereocenters. The van der Waals surface area contributed by atoms with Crippen molar-refractivity contribution in [1.82, 2.24) is 25.3 Å². The van der Waals surface area contributed by atoms with Gasteiger partial charge < -0.3 is 9.84 Å². The van der Waals surface area contributed by atoms with Gasteiger partial charge in [0.05, 0.1) is 12.0 Å². The molecule has 1 aromatic heterocycles. The first-order valence-corrected chi connectivity index (χ1v) is 8.07. The Morgan fingerprint density at radius 1 is 1.19 bits per heavy atom. The molecule has 3 aliphatic rings. The van der Waals surface area contributed by atoms with Crippen LogP contribution in [-0.4, -0.2) is 65.8 Å². The molecule has 6 nitrogen and oxygen atoms in total. The van der Waals surface area contributed by atoms with E-state index >= 15 is 0 Å². The van der Waals surface area contributed by atoms with Crippen LogP contribution >= 0.6 is 0 Å². The summed E-state index contributed by atoms with van der Waals surface area (Å²) in [4.78, 5) is 9.74. The minimum absolute atomic E-state index is 0.257. The number of fused-ring (bicyclic) bond motifs is 3. The van der Waals surface area contributed by atoms with Crippen molar-refractivity contribution in [2.24, 2.45) is 5.92 Å². The highest BCUT2D eigenvalue weighted by molar-refractivity contribution is 5.05. The van der Waals surface area contributed by atoms with Gasteiger partial charge in [0, 0.05) is 38.8 Å². The van der Waals surface area contributed by atoms with Gasteiger partial charge >= 0.3 is 0 Å². The molecule has 4 rings (SSSR count). The number of piperazine rings is 3. The summed E-state index contributed by atoms with van der Waals surface area (Å²) in [6.07, 6.45) is 0. The number of hydrogen-bond donors (Lipinski definition) is 1. The summed E-state index contributed by atoms with van der Waals surface area (Å²) < 4.78 is 5.63. The fraction of sp³-hybridized carbons (Fsp3) is 0.867. The van der Waals surface area contributed by atoms with E-state index in [9.17, 15) is 0 Å². The maximum atomic E-state index is 5.63. The number of aromatic nitrogens is 2. The Labute approximate surface area is 126 Å². The maximum Gasteiger partial charge on any atom is 0.231 e. The summed E-state index contributed by atoms with van der Waals surface area (Å²) in [5, 5.41) is 7.61. The quantitative estimate of drug-likeness (QED) is 0.877. The van der Waals surface area contributed by atoms with Gasteiger partial charge in [-0.2, -0.15) is 4.98 Å². The fourth-order valence-corrected chi connectivity index (χ4v) is 3.64. The molecule has 1 N–H and O–H groups in total. The average Bonchev–Trinajstić information content (AvgIpc) is 2.97. The van der Waals surface area contributed by atoms with Crippen LogP contribution in [0.3, 0.4) is 0 Å². The average molecular weight is 293 g/mol. The van der Waals surface area contributed by atoms with Crippen LogP contribution in [-0.2, 0) is 0 Å². The molecule has 6 heteroatoms. The third kappa shape index (κ3) is 2.84. The lowest BCUT2D eigenvalue weighted by Crippen LogP contribution is -2.57. The second-order valence-corrected chi connectivity index (χ2v) is 6.69. The van der Waals surface area contributed by atoms with Gasteiger partial charge in [-0.15, -0.1) is 0 Å². The van der Waals surface area contributed by atoms with E-state index in [1.165, 1.54) is 13.1 Å². The van der Waals surface area contributed by atoms with Gasteiger partial charge in [-0.05, 0) is 19.9 Å². The molecule has 0 spiro atoms. The number of likely N-dealkylation sites (N-methyl/N-ethyl adjacent to an activating group) is 1. The SMILES string of the molecule is CNC(C)C(c1nc(C2CN3CCN2CC3)no1)C(C)C. The van der Waals surface area contributed by atoms with Crippen molar-refractivity contribution in [2.75, 3.05) is 39.8 Å². The first-order chi connectivity index (χ1) is 10.1. The summed E-state index contributed by atoms with van der Waals surface area (Å²) in [5.41, 5.74) is 0. The molecule has 3 fully saturated rings. The van der Waals surface area contributed by atoms with Gasteiger partial charge in [0.15, 0.2) is 5.82 Å². The largest absolute Gasteiger partial charge is 0.339 e. The lowest BCUT2D eigenvalue weighted by atomic mass is 9.89. The predicted octanol–water partition coefficient (Wildman–Crippen LogP) is 1.09. The fourth-order valence-electron chi connectivity index (χ4n) is 3.64. The van der Waals surface area contributed by atoms with Crippen molar-refractivity contribution in [1.29, 1.82) is 0 Å².